The summed E-state index contributed by atoms with van der Waals surface area (Å²) in [6.07, 6.45) is 2.85. The second-order valence-electron chi connectivity index (χ2n) is 4.33. The van der Waals surface area contributed by atoms with E-state index < -0.39 is 4.92 Å². The molecule has 1 aromatic carbocycles. The molecule has 0 spiro atoms. The molecule has 0 radical (unpaired) electrons. The molecule has 0 N–H and O–H groups in total. The number of benzene rings is 1. The number of hydrogen-bond acceptors (Lipinski definition) is 3. The van der Waals surface area contributed by atoms with E-state index in [-0.39, 0.29) is 5.82 Å². The number of imidazole rings is 1. The van der Waals surface area contributed by atoms with Crippen LogP contribution >= 0.6 is 0 Å². The summed E-state index contributed by atoms with van der Waals surface area (Å²) in [5, 5.41) is 10.7. The molecular weight excluding hydrogens is 230 g/mol. The Morgan fingerprint density at radius 1 is 1.28 bits per heavy atom. The maximum Gasteiger partial charge on any atom is 0.342 e. The fourth-order valence-electron chi connectivity index (χ4n) is 1.85. The Morgan fingerprint density at radius 3 is 2.50 bits per heavy atom. The van der Waals surface area contributed by atoms with E-state index >= 15 is 0 Å². The molecule has 0 amide bonds. The summed E-state index contributed by atoms with van der Waals surface area (Å²) >= 11 is 0. The Kier molecular flexibility index (Phi) is 3.41. The van der Waals surface area contributed by atoms with E-state index in [4.69, 9.17) is 0 Å². The minimum Gasteiger partial charge on any atom is -0.358 e. The van der Waals surface area contributed by atoms with Crippen LogP contribution in [0.5, 0.6) is 0 Å². The third kappa shape index (κ3) is 2.56. The molecule has 0 aliphatic carbocycles. The summed E-state index contributed by atoms with van der Waals surface area (Å²) in [5.41, 5.74) is 2.44. The van der Waals surface area contributed by atoms with Gasteiger partial charge in [-0.25, -0.2) is 9.55 Å². The van der Waals surface area contributed by atoms with Crippen LogP contribution in [0.2, 0.25) is 0 Å². The summed E-state index contributed by atoms with van der Waals surface area (Å²) < 4.78 is 1.54. The topological polar surface area (TPSA) is 61.0 Å². The highest BCUT2D eigenvalue weighted by atomic mass is 16.6. The van der Waals surface area contributed by atoms with Crippen LogP contribution in [-0.2, 0) is 19.9 Å². The first kappa shape index (κ1) is 12.3. The largest absolute Gasteiger partial charge is 0.358 e. The van der Waals surface area contributed by atoms with Crippen molar-refractivity contribution in [3.63, 3.8) is 0 Å². The van der Waals surface area contributed by atoms with Crippen molar-refractivity contribution in [3.05, 3.63) is 57.5 Å². The van der Waals surface area contributed by atoms with Crippen LogP contribution in [0.25, 0.3) is 0 Å². The van der Waals surface area contributed by atoms with Crippen LogP contribution in [0.15, 0.2) is 30.5 Å². The first-order valence-electron chi connectivity index (χ1n) is 5.78. The number of rotatable bonds is 4. The molecule has 1 heterocycles. The Morgan fingerprint density at radius 2 is 1.94 bits per heavy atom. The van der Waals surface area contributed by atoms with Crippen LogP contribution in [-0.4, -0.2) is 14.5 Å². The first-order valence-corrected chi connectivity index (χ1v) is 5.78. The van der Waals surface area contributed by atoms with Crippen LogP contribution in [0, 0.1) is 17.0 Å². The molecule has 0 saturated carbocycles. The van der Waals surface area contributed by atoms with Crippen molar-refractivity contribution >= 4 is 5.82 Å². The summed E-state index contributed by atoms with van der Waals surface area (Å²) in [7, 11) is 1.68. The number of nitro groups is 1. The average Bonchev–Trinajstić information content (AvgIpc) is 2.70. The van der Waals surface area contributed by atoms with Gasteiger partial charge in [-0.15, -0.1) is 0 Å². The Hall–Kier alpha value is -2.17. The van der Waals surface area contributed by atoms with Crippen LogP contribution in [0.1, 0.15) is 17.0 Å². The Bertz CT molecular complexity index is 558. The van der Waals surface area contributed by atoms with E-state index in [1.807, 2.05) is 6.92 Å². The van der Waals surface area contributed by atoms with Crippen molar-refractivity contribution < 1.29 is 4.92 Å². The van der Waals surface area contributed by atoms with Crippen molar-refractivity contribution in [1.29, 1.82) is 0 Å². The van der Waals surface area contributed by atoms with Gasteiger partial charge in [-0.2, -0.15) is 0 Å². The van der Waals surface area contributed by atoms with E-state index in [0.29, 0.717) is 6.42 Å². The van der Waals surface area contributed by atoms with Crippen molar-refractivity contribution in [2.75, 3.05) is 0 Å². The van der Waals surface area contributed by atoms with E-state index in [1.54, 1.807) is 7.05 Å². The van der Waals surface area contributed by atoms with Gasteiger partial charge >= 0.3 is 5.82 Å². The van der Waals surface area contributed by atoms with E-state index in [9.17, 15) is 10.1 Å². The van der Waals surface area contributed by atoms with Crippen molar-refractivity contribution in [2.24, 2.45) is 7.05 Å². The predicted molar refractivity (Wildman–Crippen MR) is 68.4 cm³/mol. The first-order chi connectivity index (χ1) is 8.58. The zero-order valence-electron chi connectivity index (χ0n) is 10.5. The molecule has 0 aliphatic heterocycles. The summed E-state index contributed by atoms with van der Waals surface area (Å²) in [6, 6.07) is 8.28. The molecule has 0 saturated heterocycles. The molecule has 2 rings (SSSR count). The fraction of sp³-hybridized carbons (Fsp3) is 0.308. The maximum absolute atomic E-state index is 10.7. The fourth-order valence-corrected chi connectivity index (χ4v) is 1.85. The monoisotopic (exact) mass is 245 g/mol. The normalized spacial score (nSPS) is 10.6. The van der Waals surface area contributed by atoms with Gasteiger partial charge < -0.3 is 10.1 Å². The van der Waals surface area contributed by atoms with Crippen LogP contribution < -0.4 is 0 Å². The van der Waals surface area contributed by atoms with Gasteiger partial charge in [-0.1, -0.05) is 29.8 Å². The molecule has 1 aromatic heterocycles. The van der Waals surface area contributed by atoms with Gasteiger partial charge in [0.1, 0.15) is 6.20 Å². The molecule has 18 heavy (non-hydrogen) atoms. The minimum absolute atomic E-state index is 0.0360. The van der Waals surface area contributed by atoms with Gasteiger partial charge in [0, 0.05) is 6.42 Å². The van der Waals surface area contributed by atoms with Gasteiger partial charge in [0.15, 0.2) is 5.82 Å². The molecule has 0 aliphatic rings. The lowest BCUT2D eigenvalue weighted by atomic mass is 10.1. The number of aryl methyl sites for hydroxylation is 3. The predicted octanol–water partition coefficient (Wildman–Crippen LogP) is 2.42. The highest BCUT2D eigenvalue weighted by molar-refractivity contribution is 5.23. The van der Waals surface area contributed by atoms with Gasteiger partial charge in [0.05, 0.1) is 7.05 Å². The van der Waals surface area contributed by atoms with Gasteiger partial charge in [-0.05, 0) is 23.8 Å². The zero-order valence-corrected chi connectivity index (χ0v) is 10.5. The lowest BCUT2D eigenvalue weighted by molar-refractivity contribution is -0.391. The van der Waals surface area contributed by atoms with Crippen LogP contribution in [0.4, 0.5) is 5.82 Å². The number of hydrogen-bond donors (Lipinski definition) is 0. The lowest BCUT2D eigenvalue weighted by Crippen LogP contribution is -2.03. The number of nitrogens with zero attached hydrogens (tertiary/aromatic N) is 3. The van der Waals surface area contributed by atoms with Crippen molar-refractivity contribution in [1.82, 2.24) is 9.55 Å². The third-order valence-electron chi connectivity index (χ3n) is 3.00. The van der Waals surface area contributed by atoms with Gasteiger partial charge in [-0.3, -0.25) is 0 Å². The van der Waals surface area contributed by atoms with Gasteiger partial charge in [0.2, 0.25) is 0 Å². The maximum atomic E-state index is 10.7. The second kappa shape index (κ2) is 5.00. The van der Waals surface area contributed by atoms with Crippen molar-refractivity contribution in [3.8, 4) is 0 Å². The van der Waals surface area contributed by atoms with E-state index in [1.165, 1.54) is 21.9 Å². The van der Waals surface area contributed by atoms with Crippen LogP contribution in [0.3, 0.4) is 0 Å². The molecule has 5 heteroatoms. The molecule has 0 bridgehead atoms. The molecule has 94 valence electrons. The van der Waals surface area contributed by atoms with Gasteiger partial charge in [0.25, 0.3) is 0 Å². The minimum atomic E-state index is -0.414. The molecule has 0 unspecified atom stereocenters. The SMILES string of the molecule is Cc1ccc(CCc2ncc([N+](=O)[O-])n2C)cc1. The molecule has 5 nitrogen and oxygen atoms in total. The second-order valence-corrected chi connectivity index (χ2v) is 4.33. The Labute approximate surface area is 105 Å². The smallest absolute Gasteiger partial charge is 0.342 e. The average molecular weight is 245 g/mol. The number of aromatic nitrogens is 2. The standard InChI is InChI=1S/C13H15N3O2/c1-10-3-5-11(6-4-10)7-8-12-14-9-13(15(12)2)16(17)18/h3-6,9H,7-8H2,1-2H3. The lowest BCUT2D eigenvalue weighted by Gasteiger charge is -2.01. The van der Waals surface area contributed by atoms with E-state index in [0.717, 1.165) is 12.2 Å². The summed E-state index contributed by atoms with van der Waals surface area (Å²) in [5.74, 6) is 0.774. The third-order valence-corrected chi connectivity index (χ3v) is 3.00. The highest BCUT2D eigenvalue weighted by Gasteiger charge is 2.15. The quantitative estimate of drug-likeness (QED) is 0.614. The molecule has 0 atom stereocenters. The zero-order chi connectivity index (χ0) is 13.1. The van der Waals surface area contributed by atoms with E-state index in [2.05, 4.69) is 29.2 Å². The summed E-state index contributed by atoms with van der Waals surface area (Å²) in [4.78, 5) is 14.4. The molecular formula is C13H15N3O2. The highest BCUT2D eigenvalue weighted by Crippen LogP contribution is 2.14. The summed E-state index contributed by atoms with van der Waals surface area (Å²) in [6.45, 7) is 2.05. The molecule has 0 fully saturated rings. The van der Waals surface area contributed by atoms with Crippen molar-refractivity contribution in [2.45, 2.75) is 19.8 Å². The Balaban J connectivity index is 2.06. The molecule has 2 aromatic rings.